The van der Waals surface area contributed by atoms with Gasteiger partial charge in [-0.1, -0.05) is 5.21 Å². The Hall–Kier alpha value is -1.65. The second kappa shape index (κ2) is 1.94. The second-order valence-electron chi connectivity index (χ2n) is 1.73. The molecular formula is C5H4N4O. The zero-order valence-electron chi connectivity index (χ0n) is 4.98. The van der Waals surface area contributed by atoms with Crippen LogP contribution in [-0.2, 0) is 0 Å². The lowest BCUT2D eigenvalue weighted by molar-refractivity contribution is 0.558. The number of aromatic amines is 1. The van der Waals surface area contributed by atoms with Crippen molar-refractivity contribution in [3.8, 4) is 11.4 Å². The molecule has 0 aromatic carbocycles. The van der Waals surface area contributed by atoms with E-state index in [1.807, 2.05) is 0 Å². The zero-order chi connectivity index (χ0) is 6.81. The van der Waals surface area contributed by atoms with Crippen molar-refractivity contribution in [2.45, 2.75) is 0 Å². The largest absolute Gasteiger partial charge is 0.451 e. The van der Waals surface area contributed by atoms with Gasteiger partial charge in [0.2, 0.25) is 0 Å². The topological polar surface area (TPSA) is 67.6 Å². The number of hydrogen-bond acceptors (Lipinski definition) is 4. The summed E-state index contributed by atoms with van der Waals surface area (Å²) >= 11 is 0. The molecule has 10 heavy (non-hydrogen) atoms. The monoisotopic (exact) mass is 136 g/mol. The molecule has 0 unspecified atom stereocenters. The summed E-state index contributed by atoms with van der Waals surface area (Å²) in [6.07, 6.45) is 4.51. The van der Waals surface area contributed by atoms with Gasteiger partial charge in [0, 0.05) is 0 Å². The molecule has 1 N–H and O–H groups in total. The highest BCUT2D eigenvalue weighted by atomic mass is 16.3. The molecule has 0 amide bonds. The number of H-pyrrole nitrogens is 1. The Morgan fingerprint density at radius 3 is 3.00 bits per heavy atom. The Morgan fingerprint density at radius 1 is 1.40 bits per heavy atom. The van der Waals surface area contributed by atoms with Gasteiger partial charge in [-0.3, -0.25) is 5.10 Å². The fraction of sp³-hybridized carbons (Fsp3) is 0. The zero-order valence-corrected chi connectivity index (χ0v) is 4.98. The lowest BCUT2D eigenvalue weighted by Gasteiger charge is -1.78. The molecule has 2 rings (SSSR count). The van der Waals surface area contributed by atoms with Gasteiger partial charge in [-0.15, -0.1) is 5.10 Å². The first-order valence-electron chi connectivity index (χ1n) is 2.72. The Morgan fingerprint density at radius 2 is 2.40 bits per heavy atom. The van der Waals surface area contributed by atoms with Crippen molar-refractivity contribution in [1.82, 2.24) is 20.4 Å². The maximum absolute atomic E-state index is 4.75. The molecule has 0 spiro atoms. The molecule has 0 saturated carbocycles. The fourth-order valence-electron chi connectivity index (χ4n) is 0.666. The van der Waals surface area contributed by atoms with E-state index in [9.17, 15) is 0 Å². The Kier molecular flexibility index (Phi) is 1.00. The molecule has 0 saturated heterocycles. The van der Waals surface area contributed by atoms with Crippen molar-refractivity contribution in [2.75, 3.05) is 0 Å². The predicted octanol–water partition coefficient (Wildman–Crippen LogP) is 0.460. The summed E-state index contributed by atoms with van der Waals surface area (Å²) in [4.78, 5) is 3.87. The standard InChI is InChI=1S/C5H4N4O/c1-4(8-9-7-1)5-2-10-3-6-5/h1-3H,(H,7,8,9). The van der Waals surface area contributed by atoms with Crippen molar-refractivity contribution < 1.29 is 4.42 Å². The molecular weight excluding hydrogens is 132 g/mol. The average molecular weight is 136 g/mol. The molecule has 5 nitrogen and oxygen atoms in total. The third kappa shape index (κ3) is 0.680. The van der Waals surface area contributed by atoms with E-state index in [1.54, 1.807) is 6.20 Å². The van der Waals surface area contributed by atoms with Crippen molar-refractivity contribution in [1.29, 1.82) is 0 Å². The van der Waals surface area contributed by atoms with Gasteiger partial charge in [-0.2, -0.15) is 0 Å². The smallest absolute Gasteiger partial charge is 0.181 e. The lowest BCUT2D eigenvalue weighted by atomic mass is 10.4. The van der Waals surface area contributed by atoms with E-state index in [0.29, 0.717) is 11.4 Å². The minimum Gasteiger partial charge on any atom is -0.451 e. The molecule has 2 heterocycles. The maximum atomic E-state index is 4.75. The Labute approximate surface area is 56.1 Å². The van der Waals surface area contributed by atoms with E-state index in [2.05, 4.69) is 20.4 Å². The van der Waals surface area contributed by atoms with E-state index in [-0.39, 0.29) is 0 Å². The lowest BCUT2D eigenvalue weighted by Crippen LogP contribution is -1.75. The van der Waals surface area contributed by atoms with Crippen LogP contribution in [0.3, 0.4) is 0 Å². The van der Waals surface area contributed by atoms with Crippen LogP contribution >= 0.6 is 0 Å². The van der Waals surface area contributed by atoms with E-state index in [0.717, 1.165) is 0 Å². The second-order valence-corrected chi connectivity index (χ2v) is 1.73. The van der Waals surface area contributed by atoms with Gasteiger partial charge < -0.3 is 4.42 Å². The molecule has 0 bridgehead atoms. The predicted molar refractivity (Wildman–Crippen MR) is 31.9 cm³/mol. The van der Waals surface area contributed by atoms with Gasteiger partial charge in [-0.05, 0) is 0 Å². The first-order chi connectivity index (χ1) is 4.97. The number of hydrogen-bond donors (Lipinski definition) is 1. The van der Waals surface area contributed by atoms with Gasteiger partial charge in [0.25, 0.3) is 0 Å². The van der Waals surface area contributed by atoms with Gasteiger partial charge >= 0.3 is 0 Å². The Balaban J connectivity index is 2.48. The average Bonchev–Trinajstić information content (AvgIpc) is 2.59. The van der Waals surface area contributed by atoms with E-state index in [1.165, 1.54) is 12.7 Å². The van der Waals surface area contributed by atoms with Crippen LogP contribution in [-0.4, -0.2) is 20.4 Å². The molecule has 50 valence electrons. The van der Waals surface area contributed by atoms with Crippen LogP contribution in [0.2, 0.25) is 0 Å². The molecule has 0 aliphatic rings. The molecule has 0 aliphatic carbocycles. The van der Waals surface area contributed by atoms with Crippen LogP contribution in [0, 0.1) is 0 Å². The molecule has 2 aromatic rings. The summed E-state index contributed by atoms with van der Waals surface area (Å²) in [5, 5.41) is 9.83. The summed E-state index contributed by atoms with van der Waals surface area (Å²) < 4.78 is 4.75. The van der Waals surface area contributed by atoms with Crippen LogP contribution in [0.5, 0.6) is 0 Å². The molecule has 5 heteroatoms. The normalized spacial score (nSPS) is 10.0. The number of nitrogens with one attached hydrogen (secondary N) is 1. The van der Waals surface area contributed by atoms with Gasteiger partial charge in [0.15, 0.2) is 6.39 Å². The van der Waals surface area contributed by atoms with Crippen molar-refractivity contribution >= 4 is 0 Å². The highest BCUT2D eigenvalue weighted by Gasteiger charge is 2.01. The Bertz CT molecular complexity index is 253. The minimum absolute atomic E-state index is 0.689. The summed E-state index contributed by atoms with van der Waals surface area (Å²) in [6.45, 7) is 0. The quantitative estimate of drug-likeness (QED) is 0.618. The molecule has 0 radical (unpaired) electrons. The first kappa shape index (κ1) is 5.16. The highest BCUT2D eigenvalue weighted by molar-refractivity contribution is 5.49. The van der Waals surface area contributed by atoms with Crippen molar-refractivity contribution in [3.05, 3.63) is 18.9 Å². The molecule has 0 atom stereocenters. The molecule has 0 aliphatic heterocycles. The number of nitrogens with zero attached hydrogens (tertiary/aromatic N) is 3. The van der Waals surface area contributed by atoms with Crippen LogP contribution in [0.1, 0.15) is 0 Å². The number of rotatable bonds is 1. The van der Waals surface area contributed by atoms with Gasteiger partial charge in [0.05, 0.1) is 6.20 Å². The summed E-state index contributed by atoms with van der Waals surface area (Å²) in [5.74, 6) is 0. The van der Waals surface area contributed by atoms with Crippen LogP contribution < -0.4 is 0 Å². The van der Waals surface area contributed by atoms with Crippen LogP contribution in [0.4, 0.5) is 0 Å². The SMILES string of the molecule is c1nc(-c2c[nH]nn2)co1. The summed E-state index contributed by atoms with van der Waals surface area (Å²) in [7, 11) is 0. The summed E-state index contributed by atoms with van der Waals surface area (Å²) in [5.41, 5.74) is 1.38. The van der Waals surface area contributed by atoms with Crippen LogP contribution in [0.15, 0.2) is 23.3 Å². The fourth-order valence-corrected chi connectivity index (χ4v) is 0.666. The molecule has 2 aromatic heterocycles. The highest BCUT2D eigenvalue weighted by Crippen LogP contribution is 2.09. The third-order valence-electron chi connectivity index (χ3n) is 1.11. The summed E-state index contributed by atoms with van der Waals surface area (Å²) in [6, 6.07) is 0. The van der Waals surface area contributed by atoms with Crippen molar-refractivity contribution in [2.24, 2.45) is 0 Å². The first-order valence-corrected chi connectivity index (χ1v) is 2.72. The van der Waals surface area contributed by atoms with E-state index >= 15 is 0 Å². The van der Waals surface area contributed by atoms with E-state index < -0.39 is 0 Å². The van der Waals surface area contributed by atoms with Crippen LogP contribution in [0.25, 0.3) is 11.4 Å². The molecule has 0 fully saturated rings. The van der Waals surface area contributed by atoms with E-state index in [4.69, 9.17) is 4.42 Å². The maximum Gasteiger partial charge on any atom is 0.181 e. The number of oxazole rings is 1. The van der Waals surface area contributed by atoms with Crippen molar-refractivity contribution in [3.63, 3.8) is 0 Å². The van der Waals surface area contributed by atoms with Gasteiger partial charge in [0.1, 0.15) is 17.7 Å². The van der Waals surface area contributed by atoms with Gasteiger partial charge in [-0.25, -0.2) is 4.98 Å². The third-order valence-corrected chi connectivity index (χ3v) is 1.11. The minimum atomic E-state index is 0.689. The number of aromatic nitrogens is 4.